The van der Waals surface area contributed by atoms with Crippen LogP contribution in [0.2, 0.25) is 0 Å². The highest BCUT2D eigenvalue weighted by Crippen LogP contribution is 2.37. The maximum atomic E-state index is 13.2. The van der Waals surface area contributed by atoms with Gasteiger partial charge >= 0.3 is 6.03 Å². The smallest absolute Gasteiger partial charge is 0.326 e. The number of likely N-dealkylation sites (tertiary alicyclic amines) is 1. The van der Waals surface area contributed by atoms with Gasteiger partial charge < -0.3 is 24.4 Å². The summed E-state index contributed by atoms with van der Waals surface area (Å²) in [5.74, 6) is 1.18. The largest absolute Gasteiger partial charge is 0.456 e. The number of aryl methyl sites for hydroxylation is 1. The van der Waals surface area contributed by atoms with E-state index in [2.05, 4.69) is 10.3 Å². The molecule has 0 aliphatic carbocycles. The predicted molar refractivity (Wildman–Crippen MR) is 143 cm³/mol. The minimum atomic E-state index is -0.147. The van der Waals surface area contributed by atoms with Crippen molar-refractivity contribution in [1.29, 1.82) is 0 Å². The highest BCUT2D eigenvalue weighted by Gasteiger charge is 2.36. The molecule has 10 heteroatoms. The zero-order valence-corrected chi connectivity index (χ0v) is 22.1. The zero-order chi connectivity index (χ0) is 26.1. The van der Waals surface area contributed by atoms with Crippen LogP contribution in [0.15, 0.2) is 42.6 Å². The Bertz CT molecular complexity index is 1450. The molecule has 1 aromatic carbocycles. The fourth-order valence-electron chi connectivity index (χ4n) is 4.72. The molecule has 4 heterocycles. The molecule has 1 saturated heterocycles. The summed E-state index contributed by atoms with van der Waals surface area (Å²) in [7, 11) is 3.26. The number of pyridine rings is 1. The number of benzene rings is 1. The van der Waals surface area contributed by atoms with Gasteiger partial charge in [-0.05, 0) is 43.7 Å². The Morgan fingerprint density at radius 1 is 1.11 bits per heavy atom. The second kappa shape index (κ2) is 10.5. The monoisotopic (exact) mass is 522 g/mol. The standard InChI is InChI=1S/C27H30N4O5S/c1-5-9-29-27(33)31-16(2)11-17-12-18(6-7-20(17)31)36-21-8-10-28-19-13-24(37-25(19)21)26(32)30-14-22(34-3)23(15-30)35-4/h6-8,10-13,22-23H,5,9,14-15H2,1-4H3,(H,29,33)/t22-,23-/m0/s1. The molecule has 1 aliphatic heterocycles. The number of rotatable bonds is 7. The van der Waals surface area contributed by atoms with Gasteiger partial charge in [0.2, 0.25) is 0 Å². The van der Waals surface area contributed by atoms with Gasteiger partial charge in [0.1, 0.15) is 23.7 Å². The number of fused-ring (bicyclic) bond motifs is 2. The first-order valence-electron chi connectivity index (χ1n) is 12.2. The van der Waals surface area contributed by atoms with Gasteiger partial charge in [-0.2, -0.15) is 0 Å². The van der Waals surface area contributed by atoms with Crippen LogP contribution in [0.4, 0.5) is 4.79 Å². The quantitative estimate of drug-likeness (QED) is 0.375. The fraction of sp³-hybridized carbons (Fsp3) is 0.370. The lowest BCUT2D eigenvalue weighted by molar-refractivity contribution is -0.00461. The first kappa shape index (κ1) is 25.2. The molecule has 37 heavy (non-hydrogen) atoms. The molecule has 2 amide bonds. The first-order chi connectivity index (χ1) is 17.9. The number of amides is 2. The van der Waals surface area contributed by atoms with Crippen molar-refractivity contribution in [3.63, 3.8) is 0 Å². The molecular formula is C27H30N4O5S. The van der Waals surface area contributed by atoms with Gasteiger partial charge in [-0.25, -0.2) is 4.79 Å². The molecule has 0 spiro atoms. The van der Waals surface area contributed by atoms with Crippen molar-refractivity contribution >= 4 is 44.4 Å². The van der Waals surface area contributed by atoms with E-state index >= 15 is 0 Å². The van der Waals surface area contributed by atoms with E-state index in [0.717, 1.165) is 27.7 Å². The second-order valence-electron chi connectivity index (χ2n) is 9.07. The van der Waals surface area contributed by atoms with Crippen molar-refractivity contribution in [3.8, 4) is 11.5 Å². The number of nitrogens with zero attached hydrogens (tertiary/aromatic N) is 3. The van der Waals surface area contributed by atoms with Crippen molar-refractivity contribution in [3.05, 3.63) is 53.2 Å². The molecule has 1 aliphatic rings. The van der Waals surface area contributed by atoms with E-state index in [0.29, 0.717) is 41.5 Å². The third-order valence-electron chi connectivity index (χ3n) is 6.61. The highest BCUT2D eigenvalue weighted by molar-refractivity contribution is 7.21. The number of hydrogen-bond donors (Lipinski definition) is 1. The van der Waals surface area contributed by atoms with Crippen molar-refractivity contribution < 1.29 is 23.8 Å². The average molecular weight is 523 g/mol. The van der Waals surface area contributed by atoms with E-state index in [9.17, 15) is 9.59 Å². The number of ether oxygens (including phenoxy) is 3. The van der Waals surface area contributed by atoms with Gasteiger partial charge in [-0.3, -0.25) is 14.3 Å². The number of methoxy groups -OCH3 is 2. The van der Waals surface area contributed by atoms with Gasteiger partial charge in [0.15, 0.2) is 0 Å². The van der Waals surface area contributed by atoms with Crippen LogP contribution in [0.25, 0.3) is 21.1 Å². The zero-order valence-electron chi connectivity index (χ0n) is 21.3. The molecule has 0 saturated carbocycles. The van der Waals surface area contributed by atoms with Crippen LogP contribution in [-0.2, 0) is 9.47 Å². The van der Waals surface area contributed by atoms with Crippen molar-refractivity contribution in [1.82, 2.24) is 19.8 Å². The van der Waals surface area contributed by atoms with Crippen molar-refractivity contribution in [2.24, 2.45) is 0 Å². The Hall–Kier alpha value is -3.47. The van der Waals surface area contributed by atoms with E-state index in [4.69, 9.17) is 14.2 Å². The van der Waals surface area contributed by atoms with Crippen LogP contribution in [0.3, 0.4) is 0 Å². The SMILES string of the molecule is CCCNC(=O)n1c(C)cc2cc(Oc3ccnc4cc(C(=O)N5C[C@H](OC)[C@@H](OC)C5)sc34)ccc21. The number of carbonyl (C=O) groups excluding carboxylic acids is 2. The van der Waals surface area contributed by atoms with Gasteiger partial charge in [0.05, 0.1) is 20.6 Å². The lowest BCUT2D eigenvalue weighted by atomic mass is 10.2. The molecule has 5 rings (SSSR count). The molecule has 0 radical (unpaired) electrons. The Morgan fingerprint density at radius 2 is 1.86 bits per heavy atom. The minimum Gasteiger partial charge on any atom is -0.456 e. The maximum absolute atomic E-state index is 13.2. The lowest BCUT2D eigenvalue weighted by Crippen LogP contribution is -2.29. The van der Waals surface area contributed by atoms with E-state index < -0.39 is 0 Å². The molecular weight excluding hydrogens is 492 g/mol. The second-order valence-corrected chi connectivity index (χ2v) is 10.1. The van der Waals surface area contributed by atoms with Crippen LogP contribution in [0.5, 0.6) is 11.5 Å². The Kier molecular flexibility index (Phi) is 7.14. The summed E-state index contributed by atoms with van der Waals surface area (Å²) in [6.45, 7) is 5.52. The summed E-state index contributed by atoms with van der Waals surface area (Å²) in [6.07, 6.45) is 2.25. The van der Waals surface area contributed by atoms with E-state index in [1.165, 1.54) is 11.3 Å². The summed E-state index contributed by atoms with van der Waals surface area (Å²) in [5, 5.41) is 3.83. The molecule has 194 valence electrons. The van der Waals surface area contributed by atoms with E-state index in [1.807, 2.05) is 38.1 Å². The Morgan fingerprint density at radius 3 is 2.57 bits per heavy atom. The Labute approximate surface area is 218 Å². The van der Waals surface area contributed by atoms with Gasteiger partial charge in [0, 0.05) is 57.2 Å². The van der Waals surface area contributed by atoms with Crippen LogP contribution in [-0.4, -0.2) is 72.5 Å². The maximum Gasteiger partial charge on any atom is 0.326 e. The lowest BCUT2D eigenvalue weighted by Gasteiger charge is -2.14. The molecule has 3 aromatic heterocycles. The number of carbonyl (C=O) groups is 2. The molecule has 0 bridgehead atoms. The first-order valence-corrected chi connectivity index (χ1v) is 13.1. The molecule has 2 atom stereocenters. The van der Waals surface area contributed by atoms with Crippen LogP contribution in [0, 0.1) is 6.92 Å². The van der Waals surface area contributed by atoms with Crippen LogP contribution in [0.1, 0.15) is 28.7 Å². The number of hydrogen-bond acceptors (Lipinski definition) is 7. The molecule has 9 nitrogen and oxygen atoms in total. The minimum absolute atomic E-state index is 0.0739. The normalized spacial score (nSPS) is 17.6. The Balaban J connectivity index is 1.40. The summed E-state index contributed by atoms with van der Waals surface area (Å²) in [5.41, 5.74) is 2.37. The summed E-state index contributed by atoms with van der Waals surface area (Å²) < 4.78 is 19.7. The van der Waals surface area contributed by atoms with Crippen molar-refractivity contribution in [2.45, 2.75) is 32.5 Å². The van der Waals surface area contributed by atoms with Crippen molar-refractivity contribution in [2.75, 3.05) is 33.9 Å². The topological polar surface area (TPSA) is 94.9 Å². The third-order valence-corrected chi connectivity index (χ3v) is 7.74. The third kappa shape index (κ3) is 4.79. The highest BCUT2D eigenvalue weighted by atomic mass is 32.1. The van der Waals surface area contributed by atoms with Gasteiger partial charge in [-0.15, -0.1) is 11.3 Å². The molecule has 0 unspecified atom stereocenters. The number of aromatic nitrogens is 2. The summed E-state index contributed by atoms with van der Waals surface area (Å²) in [4.78, 5) is 32.6. The predicted octanol–water partition coefficient (Wildman–Crippen LogP) is 4.81. The van der Waals surface area contributed by atoms with E-state index in [1.54, 1.807) is 42.0 Å². The molecule has 1 fully saturated rings. The van der Waals surface area contributed by atoms with E-state index in [-0.39, 0.29) is 24.1 Å². The van der Waals surface area contributed by atoms with Crippen LogP contribution < -0.4 is 10.1 Å². The van der Waals surface area contributed by atoms with Gasteiger partial charge in [-0.1, -0.05) is 6.92 Å². The number of thiophene rings is 1. The summed E-state index contributed by atoms with van der Waals surface area (Å²) in [6, 6.07) is 11.1. The van der Waals surface area contributed by atoms with Crippen LogP contribution >= 0.6 is 11.3 Å². The molecule has 1 N–H and O–H groups in total. The molecule has 4 aromatic rings. The summed E-state index contributed by atoms with van der Waals surface area (Å²) >= 11 is 1.36. The fourth-order valence-corrected chi connectivity index (χ4v) is 5.75. The number of nitrogens with one attached hydrogen (secondary N) is 1. The van der Waals surface area contributed by atoms with Gasteiger partial charge in [0.25, 0.3) is 5.91 Å². The average Bonchev–Trinajstić information content (AvgIpc) is 3.61.